The maximum atomic E-state index is 4.67. The van der Waals surface area contributed by atoms with Gasteiger partial charge in [-0.1, -0.05) is 15.9 Å². The molecule has 3 nitrogen and oxygen atoms in total. The monoisotopic (exact) mass is 279 g/mol. The first-order valence-electron chi connectivity index (χ1n) is 5.59. The summed E-state index contributed by atoms with van der Waals surface area (Å²) >= 11 is 3.48. The summed E-state index contributed by atoms with van der Waals surface area (Å²) in [6.07, 6.45) is 2.47. The molecule has 84 valence electrons. The third kappa shape index (κ3) is 1.66. The number of hydrogen-bond acceptors (Lipinski definition) is 2. The molecule has 0 spiro atoms. The number of rotatable bonds is 1. The molecule has 16 heavy (non-hydrogen) atoms. The van der Waals surface area contributed by atoms with Crippen LogP contribution >= 0.6 is 15.9 Å². The Hall–Kier alpha value is -0.870. The van der Waals surface area contributed by atoms with E-state index >= 15 is 0 Å². The number of aromatic nitrogens is 2. The van der Waals surface area contributed by atoms with Crippen molar-refractivity contribution in [3.8, 4) is 0 Å². The summed E-state index contributed by atoms with van der Waals surface area (Å²) in [5.74, 6) is 1.10. The minimum Gasteiger partial charge on any atom is -0.341 e. The van der Waals surface area contributed by atoms with E-state index in [4.69, 9.17) is 0 Å². The Balaban J connectivity index is 2.04. The first-order valence-corrected chi connectivity index (χ1v) is 6.39. The van der Waals surface area contributed by atoms with Crippen molar-refractivity contribution in [1.82, 2.24) is 14.9 Å². The van der Waals surface area contributed by atoms with Gasteiger partial charge in [-0.2, -0.15) is 0 Å². The molecule has 2 heterocycles. The van der Waals surface area contributed by atoms with E-state index in [2.05, 4.69) is 43.9 Å². The van der Waals surface area contributed by atoms with Crippen LogP contribution in [0.25, 0.3) is 11.0 Å². The molecule has 0 radical (unpaired) electrons. The third-order valence-electron chi connectivity index (χ3n) is 3.30. The Morgan fingerprint density at radius 2 is 2.38 bits per heavy atom. The SMILES string of the molecule is CN1CCC[C@H]1c1nc2ccc(Br)cc2[nH]1. The molecule has 0 aliphatic carbocycles. The number of halogens is 1. The quantitative estimate of drug-likeness (QED) is 0.870. The number of benzene rings is 1. The van der Waals surface area contributed by atoms with Crippen LogP contribution in [0.3, 0.4) is 0 Å². The van der Waals surface area contributed by atoms with E-state index < -0.39 is 0 Å². The van der Waals surface area contributed by atoms with Crippen LogP contribution in [0.15, 0.2) is 22.7 Å². The molecule has 0 bridgehead atoms. The summed E-state index contributed by atoms with van der Waals surface area (Å²) in [6, 6.07) is 6.63. The second kappa shape index (κ2) is 3.86. The van der Waals surface area contributed by atoms with Gasteiger partial charge in [-0.15, -0.1) is 0 Å². The fourth-order valence-electron chi connectivity index (χ4n) is 2.42. The van der Waals surface area contributed by atoms with E-state index in [9.17, 15) is 0 Å². The molecular weight excluding hydrogens is 266 g/mol. The highest BCUT2D eigenvalue weighted by atomic mass is 79.9. The Kier molecular flexibility index (Phi) is 2.48. The second-order valence-electron chi connectivity index (χ2n) is 4.42. The zero-order valence-electron chi connectivity index (χ0n) is 9.20. The van der Waals surface area contributed by atoms with Gasteiger partial charge >= 0.3 is 0 Å². The average Bonchev–Trinajstić information content (AvgIpc) is 2.82. The first-order chi connectivity index (χ1) is 7.74. The van der Waals surface area contributed by atoms with Gasteiger partial charge in [-0.05, 0) is 44.6 Å². The number of likely N-dealkylation sites (tertiary alicyclic amines) is 1. The Bertz CT molecular complexity index is 520. The number of H-pyrrole nitrogens is 1. The maximum absolute atomic E-state index is 4.67. The molecule has 0 saturated carbocycles. The van der Waals surface area contributed by atoms with Crippen molar-refractivity contribution in [2.45, 2.75) is 18.9 Å². The van der Waals surface area contributed by atoms with Crippen LogP contribution < -0.4 is 0 Å². The van der Waals surface area contributed by atoms with E-state index in [1.165, 1.54) is 19.4 Å². The van der Waals surface area contributed by atoms with Crippen molar-refractivity contribution in [2.24, 2.45) is 0 Å². The number of aromatic amines is 1. The van der Waals surface area contributed by atoms with Gasteiger partial charge in [0.05, 0.1) is 17.1 Å². The Labute approximate surface area is 103 Å². The van der Waals surface area contributed by atoms with Crippen molar-refractivity contribution in [1.29, 1.82) is 0 Å². The van der Waals surface area contributed by atoms with Crippen LogP contribution in [0, 0.1) is 0 Å². The van der Waals surface area contributed by atoms with Gasteiger partial charge in [-0.25, -0.2) is 4.98 Å². The molecule has 1 fully saturated rings. The fourth-order valence-corrected chi connectivity index (χ4v) is 2.78. The average molecular weight is 280 g/mol. The Morgan fingerprint density at radius 3 is 3.12 bits per heavy atom. The number of nitrogens with one attached hydrogen (secondary N) is 1. The second-order valence-corrected chi connectivity index (χ2v) is 5.34. The van der Waals surface area contributed by atoms with Crippen molar-refractivity contribution in [3.63, 3.8) is 0 Å². The van der Waals surface area contributed by atoms with Crippen LogP contribution in [0.5, 0.6) is 0 Å². The molecule has 1 aliphatic rings. The standard InChI is InChI=1S/C12H14BrN3/c1-16-6-2-3-11(16)12-14-9-5-4-8(13)7-10(9)15-12/h4-5,7,11H,2-3,6H2,1H3,(H,14,15)/t11-/m0/s1. The largest absolute Gasteiger partial charge is 0.341 e. The van der Waals surface area contributed by atoms with Crippen molar-refractivity contribution < 1.29 is 0 Å². The van der Waals surface area contributed by atoms with Crippen LogP contribution in [-0.2, 0) is 0 Å². The minimum absolute atomic E-state index is 0.464. The summed E-state index contributed by atoms with van der Waals surface area (Å²) in [5, 5.41) is 0. The van der Waals surface area contributed by atoms with E-state index in [1.807, 2.05) is 12.1 Å². The third-order valence-corrected chi connectivity index (χ3v) is 3.79. The lowest BCUT2D eigenvalue weighted by Crippen LogP contribution is -2.18. The van der Waals surface area contributed by atoms with Gasteiger partial charge in [-0.3, -0.25) is 4.90 Å². The normalized spacial score (nSPS) is 22.0. The van der Waals surface area contributed by atoms with Crippen molar-refractivity contribution in [3.05, 3.63) is 28.5 Å². The zero-order valence-corrected chi connectivity index (χ0v) is 10.8. The predicted octanol–water partition coefficient (Wildman–Crippen LogP) is 3.09. The molecule has 1 saturated heterocycles. The van der Waals surface area contributed by atoms with E-state index in [1.54, 1.807) is 0 Å². The van der Waals surface area contributed by atoms with Gasteiger partial charge in [0.15, 0.2) is 0 Å². The van der Waals surface area contributed by atoms with Crippen LogP contribution in [-0.4, -0.2) is 28.5 Å². The van der Waals surface area contributed by atoms with Gasteiger partial charge in [0.25, 0.3) is 0 Å². The summed E-state index contributed by atoms with van der Waals surface area (Å²) in [7, 11) is 2.17. The van der Waals surface area contributed by atoms with E-state index in [-0.39, 0.29) is 0 Å². The molecular formula is C12H14BrN3. The number of imidazole rings is 1. The highest BCUT2D eigenvalue weighted by Crippen LogP contribution is 2.30. The summed E-state index contributed by atoms with van der Waals surface area (Å²) in [6.45, 7) is 1.17. The molecule has 1 atom stereocenters. The molecule has 0 unspecified atom stereocenters. The van der Waals surface area contributed by atoms with Crippen molar-refractivity contribution in [2.75, 3.05) is 13.6 Å². The lowest BCUT2D eigenvalue weighted by molar-refractivity contribution is 0.307. The zero-order chi connectivity index (χ0) is 11.1. The van der Waals surface area contributed by atoms with Gasteiger partial charge in [0, 0.05) is 4.47 Å². The van der Waals surface area contributed by atoms with Crippen LogP contribution in [0.2, 0.25) is 0 Å². The molecule has 1 aromatic carbocycles. The summed E-state index contributed by atoms with van der Waals surface area (Å²) in [4.78, 5) is 10.5. The predicted molar refractivity (Wildman–Crippen MR) is 68.4 cm³/mol. The highest BCUT2D eigenvalue weighted by Gasteiger charge is 2.25. The smallest absolute Gasteiger partial charge is 0.124 e. The van der Waals surface area contributed by atoms with Crippen LogP contribution in [0.1, 0.15) is 24.7 Å². The van der Waals surface area contributed by atoms with Gasteiger partial charge in [0.1, 0.15) is 5.82 Å². The van der Waals surface area contributed by atoms with E-state index in [0.29, 0.717) is 6.04 Å². The minimum atomic E-state index is 0.464. The molecule has 1 N–H and O–H groups in total. The first kappa shape index (κ1) is 10.3. The van der Waals surface area contributed by atoms with Crippen LogP contribution in [0.4, 0.5) is 0 Å². The molecule has 1 aromatic heterocycles. The van der Waals surface area contributed by atoms with Crippen molar-refractivity contribution >= 4 is 27.0 Å². The lowest BCUT2D eigenvalue weighted by Gasteiger charge is -2.16. The molecule has 2 aromatic rings. The number of fused-ring (bicyclic) bond motifs is 1. The van der Waals surface area contributed by atoms with Gasteiger partial charge < -0.3 is 4.98 Å². The Morgan fingerprint density at radius 1 is 1.50 bits per heavy atom. The molecule has 4 heteroatoms. The lowest BCUT2D eigenvalue weighted by atomic mass is 10.2. The van der Waals surface area contributed by atoms with Gasteiger partial charge in [0.2, 0.25) is 0 Å². The molecule has 1 aliphatic heterocycles. The van der Waals surface area contributed by atoms with E-state index in [0.717, 1.165) is 21.3 Å². The topological polar surface area (TPSA) is 31.9 Å². The number of nitrogens with zero attached hydrogens (tertiary/aromatic N) is 2. The molecule has 3 rings (SSSR count). The molecule has 0 amide bonds. The summed E-state index contributed by atoms with van der Waals surface area (Å²) in [5.41, 5.74) is 2.17. The highest BCUT2D eigenvalue weighted by molar-refractivity contribution is 9.10. The maximum Gasteiger partial charge on any atom is 0.124 e. The fraction of sp³-hybridized carbons (Fsp3) is 0.417. The number of hydrogen-bond donors (Lipinski definition) is 1. The summed E-state index contributed by atoms with van der Waals surface area (Å²) < 4.78 is 1.09.